The average molecular weight is 446 g/mol. The van der Waals surface area contributed by atoms with Crippen molar-refractivity contribution in [3.8, 4) is 11.1 Å². The number of aliphatic hydroxyl groups excluding tert-OH is 1. The van der Waals surface area contributed by atoms with E-state index in [2.05, 4.69) is 32.7 Å². The summed E-state index contributed by atoms with van der Waals surface area (Å²) in [4.78, 5) is 17.4. The molecule has 1 aromatic carbocycles. The van der Waals surface area contributed by atoms with E-state index in [0.29, 0.717) is 6.54 Å². The minimum absolute atomic E-state index is 0.489. The molecule has 168 valence electrons. The zero-order valence-electron chi connectivity index (χ0n) is 17.3. The molecular formula is C22H21F3N4O3. The third kappa shape index (κ3) is 5.52. The van der Waals surface area contributed by atoms with Gasteiger partial charge in [0, 0.05) is 30.4 Å². The Kier molecular flexibility index (Phi) is 6.64. The van der Waals surface area contributed by atoms with E-state index in [1.807, 2.05) is 49.0 Å². The van der Waals surface area contributed by atoms with Gasteiger partial charge in [-0.15, -0.1) is 0 Å². The molecule has 0 aliphatic heterocycles. The molecule has 1 atom stereocenters. The van der Waals surface area contributed by atoms with Crippen LogP contribution in [0.3, 0.4) is 0 Å². The lowest BCUT2D eigenvalue weighted by molar-refractivity contribution is -0.192. The number of hydrogen-bond acceptors (Lipinski definition) is 4. The molecule has 32 heavy (non-hydrogen) atoms. The maximum atomic E-state index is 10.6. The summed E-state index contributed by atoms with van der Waals surface area (Å²) in [6.07, 6.45) is 3.77. The first-order chi connectivity index (χ1) is 15.0. The number of carboxylic acid groups (broad SMARTS) is 1. The molecule has 0 radical (unpaired) electrons. The minimum Gasteiger partial charge on any atom is -0.475 e. The van der Waals surface area contributed by atoms with Crippen LogP contribution in [0.15, 0.2) is 61.4 Å². The van der Waals surface area contributed by atoms with E-state index in [1.165, 1.54) is 0 Å². The molecule has 0 aliphatic carbocycles. The lowest BCUT2D eigenvalue weighted by Crippen LogP contribution is -2.21. The number of hydrogen-bond donors (Lipinski definition) is 2. The average Bonchev–Trinajstić information content (AvgIpc) is 3.37. The van der Waals surface area contributed by atoms with E-state index in [0.717, 1.165) is 33.6 Å². The Morgan fingerprint density at radius 3 is 2.50 bits per heavy atom. The van der Waals surface area contributed by atoms with Crippen LogP contribution in [0.1, 0.15) is 23.1 Å². The molecule has 3 heterocycles. The second kappa shape index (κ2) is 9.23. The molecule has 0 amide bonds. The lowest BCUT2D eigenvalue weighted by atomic mass is 10.0. The van der Waals surface area contributed by atoms with E-state index in [9.17, 15) is 18.3 Å². The molecule has 4 aromatic rings. The van der Waals surface area contributed by atoms with Crippen molar-refractivity contribution in [3.05, 3.63) is 78.4 Å². The van der Waals surface area contributed by atoms with Gasteiger partial charge in [-0.2, -0.15) is 13.2 Å². The number of benzene rings is 1. The van der Waals surface area contributed by atoms with Crippen LogP contribution in [0, 0.1) is 13.8 Å². The van der Waals surface area contributed by atoms with Crippen LogP contribution < -0.4 is 0 Å². The van der Waals surface area contributed by atoms with Crippen molar-refractivity contribution in [3.63, 3.8) is 0 Å². The van der Waals surface area contributed by atoms with Crippen molar-refractivity contribution in [1.82, 2.24) is 18.9 Å². The summed E-state index contributed by atoms with van der Waals surface area (Å²) in [5.41, 5.74) is 6.21. The number of fused-ring (bicyclic) bond motifs is 1. The van der Waals surface area contributed by atoms with Gasteiger partial charge in [0.05, 0.1) is 35.9 Å². The van der Waals surface area contributed by atoms with Crippen LogP contribution in [-0.2, 0) is 11.3 Å². The molecule has 0 saturated carbocycles. The SMILES string of the molecule is Cc1cn2cc(-c3cccc(C(O)Cn4ccnc4)c3)cc2c(C)n1.O=C(O)C(F)(F)F. The summed E-state index contributed by atoms with van der Waals surface area (Å²) in [5, 5.41) is 17.6. The van der Waals surface area contributed by atoms with Gasteiger partial charge in [0.2, 0.25) is 0 Å². The van der Waals surface area contributed by atoms with Crippen LogP contribution in [-0.4, -0.2) is 41.3 Å². The fraction of sp³-hybridized carbons (Fsp3) is 0.227. The normalized spacial score (nSPS) is 12.3. The number of imidazole rings is 1. The first-order valence-corrected chi connectivity index (χ1v) is 9.55. The highest BCUT2D eigenvalue weighted by atomic mass is 19.4. The molecule has 7 nitrogen and oxygen atoms in total. The summed E-state index contributed by atoms with van der Waals surface area (Å²) in [6, 6.07) is 10.2. The summed E-state index contributed by atoms with van der Waals surface area (Å²) >= 11 is 0. The van der Waals surface area contributed by atoms with Crippen molar-refractivity contribution in [1.29, 1.82) is 0 Å². The van der Waals surface area contributed by atoms with E-state index in [4.69, 9.17) is 9.90 Å². The van der Waals surface area contributed by atoms with Crippen LogP contribution in [0.5, 0.6) is 0 Å². The molecule has 10 heteroatoms. The third-order valence-corrected chi connectivity index (χ3v) is 4.68. The predicted molar refractivity (Wildman–Crippen MR) is 111 cm³/mol. The van der Waals surface area contributed by atoms with Gasteiger partial charge in [0.1, 0.15) is 0 Å². The van der Waals surface area contributed by atoms with Crippen LogP contribution in [0.4, 0.5) is 13.2 Å². The van der Waals surface area contributed by atoms with Gasteiger partial charge in [-0.05, 0) is 37.1 Å². The number of aliphatic carboxylic acids is 1. The number of aliphatic hydroxyl groups is 1. The maximum absolute atomic E-state index is 10.6. The largest absolute Gasteiger partial charge is 0.490 e. The van der Waals surface area contributed by atoms with Crippen molar-refractivity contribution in [2.75, 3.05) is 0 Å². The Balaban J connectivity index is 0.000000360. The molecular weight excluding hydrogens is 425 g/mol. The van der Waals surface area contributed by atoms with E-state index >= 15 is 0 Å². The van der Waals surface area contributed by atoms with Gasteiger partial charge in [0.15, 0.2) is 0 Å². The number of halogens is 3. The Hall–Kier alpha value is -3.66. The van der Waals surface area contributed by atoms with Gasteiger partial charge in [-0.1, -0.05) is 18.2 Å². The number of carbonyl (C=O) groups is 1. The second-order valence-corrected chi connectivity index (χ2v) is 7.19. The van der Waals surface area contributed by atoms with E-state index in [-0.39, 0.29) is 0 Å². The molecule has 0 saturated heterocycles. The highest BCUT2D eigenvalue weighted by Crippen LogP contribution is 2.27. The summed E-state index contributed by atoms with van der Waals surface area (Å²) in [6.45, 7) is 4.51. The Morgan fingerprint density at radius 2 is 1.88 bits per heavy atom. The highest BCUT2D eigenvalue weighted by molar-refractivity contribution is 5.73. The zero-order valence-corrected chi connectivity index (χ0v) is 17.3. The standard InChI is InChI=1S/C20H20N4O.C2HF3O2/c1-14-10-24-11-18(9-19(24)15(2)22-14)16-4-3-5-17(8-16)20(25)12-23-7-6-21-13-23;3-2(4,5)1(6)7/h3-11,13,20,25H,12H2,1-2H3;(H,6,7). The molecule has 0 aliphatic rings. The fourth-order valence-electron chi connectivity index (χ4n) is 3.21. The van der Waals surface area contributed by atoms with Crippen LogP contribution >= 0.6 is 0 Å². The van der Waals surface area contributed by atoms with Crippen molar-refractivity contribution in [2.24, 2.45) is 0 Å². The van der Waals surface area contributed by atoms with Crippen molar-refractivity contribution in [2.45, 2.75) is 32.7 Å². The minimum atomic E-state index is -5.08. The topological polar surface area (TPSA) is 92.7 Å². The number of rotatable bonds is 4. The lowest BCUT2D eigenvalue weighted by Gasteiger charge is -2.12. The van der Waals surface area contributed by atoms with Gasteiger partial charge >= 0.3 is 12.1 Å². The van der Waals surface area contributed by atoms with Crippen molar-refractivity contribution >= 4 is 11.5 Å². The number of aromatic nitrogens is 4. The quantitative estimate of drug-likeness (QED) is 0.491. The summed E-state index contributed by atoms with van der Waals surface area (Å²) in [7, 11) is 0. The monoisotopic (exact) mass is 446 g/mol. The molecule has 0 bridgehead atoms. The van der Waals surface area contributed by atoms with Gasteiger partial charge in [-0.25, -0.2) is 9.78 Å². The number of alkyl halides is 3. The number of carboxylic acids is 1. The maximum Gasteiger partial charge on any atom is 0.490 e. The van der Waals surface area contributed by atoms with E-state index in [1.54, 1.807) is 12.5 Å². The molecule has 4 rings (SSSR count). The highest BCUT2D eigenvalue weighted by Gasteiger charge is 2.38. The molecule has 0 spiro atoms. The fourth-order valence-corrected chi connectivity index (χ4v) is 3.21. The van der Waals surface area contributed by atoms with Gasteiger partial charge in [-0.3, -0.25) is 4.98 Å². The Morgan fingerprint density at radius 1 is 1.16 bits per heavy atom. The third-order valence-electron chi connectivity index (χ3n) is 4.68. The Bertz CT molecular complexity index is 1220. The van der Waals surface area contributed by atoms with Crippen LogP contribution in [0.25, 0.3) is 16.6 Å². The number of aryl methyl sites for hydroxylation is 2. The predicted octanol–water partition coefficient (Wildman–Crippen LogP) is 4.18. The summed E-state index contributed by atoms with van der Waals surface area (Å²) < 4.78 is 35.7. The summed E-state index contributed by atoms with van der Waals surface area (Å²) in [5.74, 6) is -2.76. The smallest absolute Gasteiger partial charge is 0.475 e. The van der Waals surface area contributed by atoms with E-state index < -0.39 is 18.2 Å². The first kappa shape index (κ1) is 23.0. The van der Waals surface area contributed by atoms with Crippen molar-refractivity contribution < 1.29 is 28.2 Å². The molecule has 3 aromatic heterocycles. The Labute approximate surface area is 181 Å². The van der Waals surface area contributed by atoms with Gasteiger partial charge in [0.25, 0.3) is 0 Å². The van der Waals surface area contributed by atoms with Crippen LogP contribution in [0.2, 0.25) is 0 Å². The second-order valence-electron chi connectivity index (χ2n) is 7.19. The zero-order chi connectivity index (χ0) is 23.5. The molecule has 0 fully saturated rings. The van der Waals surface area contributed by atoms with Gasteiger partial charge < -0.3 is 19.2 Å². The number of nitrogens with zero attached hydrogens (tertiary/aromatic N) is 4. The first-order valence-electron chi connectivity index (χ1n) is 9.55. The molecule has 2 N–H and O–H groups in total. The molecule has 1 unspecified atom stereocenters.